The first-order valence-electron chi connectivity index (χ1n) is 6.06. The Balaban J connectivity index is 1.86. The second-order valence-corrected chi connectivity index (χ2v) is 5.56. The van der Waals surface area contributed by atoms with E-state index in [4.69, 9.17) is 4.42 Å². The predicted octanol–water partition coefficient (Wildman–Crippen LogP) is 4.78. The molecule has 1 atom stereocenters. The Morgan fingerprint density at radius 2 is 1.80 bits per heavy atom. The molecule has 1 heterocycles. The van der Waals surface area contributed by atoms with E-state index in [1.807, 2.05) is 24.3 Å². The third-order valence-electron chi connectivity index (χ3n) is 2.94. The summed E-state index contributed by atoms with van der Waals surface area (Å²) in [4.78, 5) is 4.08. The van der Waals surface area contributed by atoms with Gasteiger partial charge in [0.25, 0.3) is 0 Å². The van der Waals surface area contributed by atoms with E-state index in [1.54, 1.807) is 0 Å². The minimum Gasteiger partial charge on any atom is -0.441 e. The molecule has 3 rings (SSSR count). The Hall–Kier alpha value is -1.75. The van der Waals surface area contributed by atoms with E-state index in [9.17, 15) is 8.78 Å². The van der Waals surface area contributed by atoms with Crippen LogP contribution in [0.5, 0.6) is 0 Å². The van der Waals surface area contributed by atoms with Gasteiger partial charge < -0.3 is 4.42 Å². The Morgan fingerprint density at radius 3 is 2.50 bits per heavy atom. The quantitative estimate of drug-likeness (QED) is 0.642. The molecule has 0 aliphatic heterocycles. The number of fused-ring (bicyclic) bond motifs is 1. The molecule has 1 unspecified atom stereocenters. The molecule has 2 nitrogen and oxygen atoms in total. The molecule has 0 N–H and O–H groups in total. The van der Waals surface area contributed by atoms with Crippen molar-refractivity contribution in [2.75, 3.05) is 0 Å². The highest BCUT2D eigenvalue weighted by Crippen LogP contribution is 2.29. The van der Waals surface area contributed by atoms with Gasteiger partial charge in [-0.1, -0.05) is 28.1 Å². The maximum absolute atomic E-state index is 13.2. The molecule has 0 bridgehead atoms. The fourth-order valence-corrected chi connectivity index (χ4v) is 2.58. The molecule has 0 saturated carbocycles. The van der Waals surface area contributed by atoms with Crippen LogP contribution in [0.4, 0.5) is 8.78 Å². The van der Waals surface area contributed by atoms with Crippen LogP contribution in [0.15, 0.2) is 46.9 Å². The van der Waals surface area contributed by atoms with Crippen LogP contribution in [-0.2, 0) is 6.42 Å². The molecule has 1 aromatic heterocycles. The maximum atomic E-state index is 13.2. The molecular formula is C15H10BrF2NO. The zero-order valence-corrected chi connectivity index (χ0v) is 11.9. The first-order chi connectivity index (χ1) is 9.61. The normalized spacial score (nSPS) is 12.8. The van der Waals surface area contributed by atoms with Crippen molar-refractivity contribution in [3.8, 4) is 0 Å². The molecule has 2 aromatic carbocycles. The lowest BCUT2D eigenvalue weighted by atomic mass is 10.1. The van der Waals surface area contributed by atoms with Crippen LogP contribution in [0.25, 0.3) is 11.1 Å². The van der Waals surface area contributed by atoms with Crippen molar-refractivity contribution in [3.63, 3.8) is 0 Å². The van der Waals surface area contributed by atoms with Gasteiger partial charge in [0.15, 0.2) is 11.5 Å². The highest BCUT2D eigenvalue weighted by atomic mass is 79.9. The molecule has 0 amide bonds. The molecule has 102 valence electrons. The summed E-state index contributed by atoms with van der Waals surface area (Å²) in [5, 5.41) is 0. The number of aromatic nitrogens is 1. The summed E-state index contributed by atoms with van der Waals surface area (Å²) >= 11 is 3.41. The molecule has 0 aliphatic carbocycles. The van der Waals surface area contributed by atoms with Crippen LogP contribution in [-0.4, -0.2) is 4.98 Å². The summed E-state index contributed by atoms with van der Waals surface area (Å²) in [6.07, 6.45) is 0.414. The molecule has 0 radical (unpaired) electrons. The van der Waals surface area contributed by atoms with Crippen LogP contribution < -0.4 is 0 Å². The standard InChI is InChI=1S/C15H10BrF2NO/c16-12(9-5-10(17)7-11(18)6-9)8-15-19-13-3-1-2-4-14(13)20-15/h1-7,12H,8H2. The van der Waals surface area contributed by atoms with Crippen molar-refractivity contribution in [1.29, 1.82) is 0 Å². The fraction of sp³-hybridized carbons (Fsp3) is 0.133. The summed E-state index contributed by atoms with van der Waals surface area (Å²) in [7, 11) is 0. The molecule has 20 heavy (non-hydrogen) atoms. The first-order valence-corrected chi connectivity index (χ1v) is 6.98. The zero-order valence-electron chi connectivity index (χ0n) is 10.3. The molecule has 0 spiro atoms. The maximum Gasteiger partial charge on any atom is 0.196 e. The van der Waals surface area contributed by atoms with Crippen molar-refractivity contribution >= 4 is 27.0 Å². The van der Waals surface area contributed by atoms with Crippen molar-refractivity contribution in [2.24, 2.45) is 0 Å². The number of oxazole rings is 1. The van der Waals surface area contributed by atoms with Gasteiger partial charge in [-0.15, -0.1) is 0 Å². The number of rotatable bonds is 3. The van der Waals surface area contributed by atoms with E-state index in [0.29, 0.717) is 23.5 Å². The van der Waals surface area contributed by atoms with E-state index in [1.165, 1.54) is 12.1 Å². The van der Waals surface area contributed by atoms with E-state index in [2.05, 4.69) is 20.9 Å². The van der Waals surface area contributed by atoms with Crippen LogP contribution in [0, 0.1) is 11.6 Å². The van der Waals surface area contributed by atoms with Gasteiger partial charge >= 0.3 is 0 Å². The van der Waals surface area contributed by atoms with E-state index < -0.39 is 11.6 Å². The van der Waals surface area contributed by atoms with Gasteiger partial charge in [0.2, 0.25) is 0 Å². The van der Waals surface area contributed by atoms with Crippen molar-refractivity contribution in [2.45, 2.75) is 11.2 Å². The van der Waals surface area contributed by atoms with E-state index >= 15 is 0 Å². The second kappa shape index (κ2) is 5.32. The van der Waals surface area contributed by atoms with Crippen LogP contribution in [0.3, 0.4) is 0 Å². The van der Waals surface area contributed by atoms with Crippen molar-refractivity contribution in [3.05, 3.63) is 65.6 Å². The Morgan fingerprint density at radius 1 is 1.10 bits per heavy atom. The van der Waals surface area contributed by atoms with E-state index in [-0.39, 0.29) is 4.83 Å². The number of halogens is 3. The SMILES string of the molecule is Fc1cc(F)cc(C(Br)Cc2nc3ccccc3o2)c1. The summed E-state index contributed by atoms with van der Waals surface area (Å²) < 4.78 is 32.0. The average Bonchev–Trinajstić information content (AvgIpc) is 2.79. The van der Waals surface area contributed by atoms with Gasteiger partial charge in [0.05, 0.1) is 0 Å². The van der Waals surface area contributed by atoms with Gasteiger partial charge in [0.1, 0.15) is 17.2 Å². The highest BCUT2D eigenvalue weighted by Gasteiger charge is 2.15. The fourth-order valence-electron chi connectivity index (χ4n) is 2.03. The Bertz CT molecular complexity index is 703. The van der Waals surface area contributed by atoms with Gasteiger partial charge in [-0.2, -0.15) is 0 Å². The van der Waals surface area contributed by atoms with Crippen molar-refractivity contribution in [1.82, 2.24) is 4.98 Å². The molecule has 5 heteroatoms. The van der Waals surface area contributed by atoms with Gasteiger partial charge in [-0.25, -0.2) is 13.8 Å². The molecule has 0 aliphatic rings. The number of alkyl halides is 1. The lowest BCUT2D eigenvalue weighted by molar-refractivity contribution is 0.525. The third kappa shape index (κ3) is 2.72. The zero-order chi connectivity index (χ0) is 14.1. The second-order valence-electron chi connectivity index (χ2n) is 4.45. The Labute approximate surface area is 122 Å². The number of benzene rings is 2. The van der Waals surface area contributed by atoms with Crippen LogP contribution in [0.2, 0.25) is 0 Å². The molecule has 3 aromatic rings. The van der Waals surface area contributed by atoms with Gasteiger partial charge in [-0.05, 0) is 29.8 Å². The summed E-state index contributed by atoms with van der Waals surface area (Å²) in [5.41, 5.74) is 1.99. The number of hydrogen-bond acceptors (Lipinski definition) is 2. The Kier molecular flexibility index (Phi) is 3.53. The summed E-state index contributed by atoms with van der Waals surface area (Å²) in [6, 6.07) is 10.9. The summed E-state index contributed by atoms with van der Waals surface area (Å²) in [5.74, 6) is -0.665. The number of nitrogens with zero attached hydrogens (tertiary/aromatic N) is 1. The van der Waals surface area contributed by atoms with Gasteiger partial charge in [0, 0.05) is 17.3 Å². The van der Waals surface area contributed by atoms with Gasteiger partial charge in [-0.3, -0.25) is 0 Å². The average molecular weight is 338 g/mol. The van der Waals surface area contributed by atoms with Crippen molar-refractivity contribution < 1.29 is 13.2 Å². The molecule has 0 fully saturated rings. The van der Waals surface area contributed by atoms with Crippen LogP contribution >= 0.6 is 15.9 Å². The monoisotopic (exact) mass is 337 g/mol. The minimum absolute atomic E-state index is 0.263. The topological polar surface area (TPSA) is 26.0 Å². The van der Waals surface area contributed by atoms with E-state index in [0.717, 1.165) is 11.6 Å². The first kappa shape index (κ1) is 13.2. The summed E-state index contributed by atoms with van der Waals surface area (Å²) in [6.45, 7) is 0. The minimum atomic E-state index is -0.595. The van der Waals surface area contributed by atoms with Crippen LogP contribution in [0.1, 0.15) is 16.3 Å². The number of hydrogen-bond donors (Lipinski definition) is 0. The predicted molar refractivity (Wildman–Crippen MR) is 75.7 cm³/mol. The molecule has 0 saturated heterocycles. The third-order valence-corrected chi connectivity index (χ3v) is 3.79. The highest BCUT2D eigenvalue weighted by molar-refractivity contribution is 9.09. The smallest absolute Gasteiger partial charge is 0.196 e. The largest absolute Gasteiger partial charge is 0.441 e. The number of para-hydroxylation sites is 2. The lowest BCUT2D eigenvalue weighted by Gasteiger charge is -2.08. The molecular weight excluding hydrogens is 328 g/mol. The lowest BCUT2D eigenvalue weighted by Crippen LogP contribution is -1.97.